The summed E-state index contributed by atoms with van der Waals surface area (Å²) in [4.78, 5) is 4.72. The summed E-state index contributed by atoms with van der Waals surface area (Å²) in [5.74, 6) is 0. The summed E-state index contributed by atoms with van der Waals surface area (Å²) in [6.07, 6.45) is 6.66. The molecule has 3 nitrogen and oxygen atoms in total. The van der Waals surface area contributed by atoms with Gasteiger partial charge >= 0.3 is 0 Å². The molecule has 0 spiro atoms. The van der Waals surface area contributed by atoms with E-state index in [2.05, 4.69) is 217 Å². The predicted octanol–water partition coefficient (Wildman–Crippen LogP) is 17.0. The lowest BCUT2D eigenvalue weighted by molar-refractivity contribution is 0.669. The van der Waals surface area contributed by atoms with E-state index in [1.807, 2.05) is 26.0 Å². The zero-order valence-corrected chi connectivity index (χ0v) is 35.4. The molecule has 0 fully saturated rings. The summed E-state index contributed by atoms with van der Waals surface area (Å²) >= 11 is 0. The molecule has 0 N–H and O–H groups in total. The number of furan rings is 1. The molecular weight excluding hydrogens is 753 g/mol. The molecule has 0 aliphatic heterocycles. The quantitative estimate of drug-likeness (QED) is 0.153. The van der Waals surface area contributed by atoms with Crippen LogP contribution in [0.2, 0.25) is 0 Å². The van der Waals surface area contributed by atoms with Gasteiger partial charge in [0, 0.05) is 57.5 Å². The lowest BCUT2D eigenvalue weighted by Gasteiger charge is -2.30. The Kier molecular flexibility index (Phi) is 10.4. The average molecular weight is 801 g/mol. The Labute approximate surface area is 364 Å². The Morgan fingerprint density at radius 1 is 0.435 bits per heavy atom. The number of hydrogen-bond donors (Lipinski definition) is 0. The number of aryl methyl sites for hydroxylation is 1. The third kappa shape index (κ3) is 7.02. The van der Waals surface area contributed by atoms with E-state index in [9.17, 15) is 0 Å². The zero-order valence-electron chi connectivity index (χ0n) is 35.4. The Bertz CT molecular complexity index is 3240. The minimum absolute atomic E-state index is 0.892. The molecule has 3 heteroatoms. The molecule has 11 rings (SSSR count). The van der Waals surface area contributed by atoms with Crippen molar-refractivity contribution in [1.82, 2.24) is 0 Å². The van der Waals surface area contributed by atoms with Gasteiger partial charge in [0.1, 0.15) is 11.2 Å². The van der Waals surface area contributed by atoms with Crippen molar-refractivity contribution < 1.29 is 4.42 Å². The van der Waals surface area contributed by atoms with Gasteiger partial charge < -0.3 is 14.2 Å². The van der Waals surface area contributed by atoms with Crippen molar-refractivity contribution in [2.75, 3.05) is 16.8 Å². The summed E-state index contributed by atoms with van der Waals surface area (Å²) in [6.45, 7) is 4.00. The van der Waals surface area contributed by atoms with Gasteiger partial charge in [-0.1, -0.05) is 172 Å². The minimum atomic E-state index is 0.892. The molecule has 62 heavy (non-hydrogen) atoms. The smallest absolute Gasteiger partial charge is 0.137 e. The number of fused-ring (bicyclic) bond motifs is 5. The molecule has 1 aliphatic rings. The van der Waals surface area contributed by atoms with Crippen LogP contribution in [0, 0.1) is 0 Å². The van der Waals surface area contributed by atoms with Crippen LogP contribution in [-0.4, -0.2) is 7.05 Å². The highest BCUT2D eigenvalue weighted by molar-refractivity contribution is 6.06. The molecule has 9 aromatic carbocycles. The van der Waals surface area contributed by atoms with Crippen LogP contribution in [0.4, 0.5) is 28.4 Å². The maximum absolute atomic E-state index is 6.26. The fourth-order valence-corrected chi connectivity index (χ4v) is 9.14. The minimum Gasteiger partial charge on any atom is -0.456 e. The standard InChI is InChI=1S/C57H42N2O.C2H6/c1-58(44-35-36-52-51-24-10-13-28-56(51)60-57(52)38-44)53-25-11-8-20-47(53)42-31-29-41(30-32-42)46-19-6-7-22-49(46)50-23-9-12-26-55(50)59(45-34-33-39-15-2-3-17-43(39)37-45)54-27-14-18-40-16-4-5-21-48(40)54;1-2/h2,4-16,18-38H,3,17H2,1H3;1-2H3. The number of rotatable bonds is 8. The van der Waals surface area contributed by atoms with Crippen molar-refractivity contribution in [3.05, 3.63) is 217 Å². The molecule has 0 saturated heterocycles. The number of anilines is 5. The van der Waals surface area contributed by atoms with Crippen molar-refractivity contribution >= 4 is 67.2 Å². The van der Waals surface area contributed by atoms with E-state index in [1.54, 1.807) is 0 Å². The normalized spacial score (nSPS) is 11.9. The first kappa shape index (κ1) is 38.6. The van der Waals surface area contributed by atoms with Crippen LogP contribution in [0.25, 0.3) is 72.2 Å². The summed E-state index contributed by atoms with van der Waals surface area (Å²) in [5.41, 5.74) is 17.2. The molecule has 1 aliphatic carbocycles. The van der Waals surface area contributed by atoms with Crippen LogP contribution >= 0.6 is 0 Å². The summed E-state index contributed by atoms with van der Waals surface area (Å²) in [5, 5.41) is 4.71. The zero-order chi connectivity index (χ0) is 42.0. The highest BCUT2D eigenvalue weighted by atomic mass is 16.3. The van der Waals surface area contributed by atoms with Crippen molar-refractivity contribution in [1.29, 1.82) is 0 Å². The topological polar surface area (TPSA) is 19.6 Å². The maximum atomic E-state index is 6.26. The number of nitrogens with zero attached hydrogens (tertiary/aromatic N) is 2. The molecule has 1 aromatic heterocycles. The van der Waals surface area contributed by atoms with Gasteiger partial charge in [-0.3, -0.25) is 0 Å². The highest BCUT2D eigenvalue weighted by Crippen LogP contribution is 2.46. The van der Waals surface area contributed by atoms with Crippen LogP contribution < -0.4 is 9.80 Å². The molecule has 0 amide bonds. The van der Waals surface area contributed by atoms with Gasteiger partial charge in [0.15, 0.2) is 0 Å². The largest absolute Gasteiger partial charge is 0.456 e. The number of benzene rings is 9. The van der Waals surface area contributed by atoms with E-state index in [-0.39, 0.29) is 0 Å². The summed E-state index contributed by atoms with van der Waals surface area (Å²) < 4.78 is 6.26. The third-order valence-corrected chi connectivity index (χ3v) is 12.2. The first-order chi connectivity index (χ1) is 30.7. The van der Waals surface area contributed by atoms with Crippen molar-refractivity contribution in [3.8, 4) is 33.4 Å². The van der Waals surface area contributed by atoms with Gasteiger partial charge in [0.05, 0.1) is 11.4 Å². The van der Waals surface area contributed by atoms with E-state index in [0.717, 1.165) is 68.8 Å². The summed E-state index contributed by atoms with van der Waals surface area (Å²) in [7, 11) is 2.13. The second-order valence-corrected chi connectivity index (χ2v) is 15.7. The van der Waals surface area contributed by atoms with Gasteiger partial charge in [-0.15, -0.1) is 0 Å². The Hall–Kier alpha value is -7.62. The molecule has 300 valence electrons. The van der Waals surface area contributed by atoms with Gasteiger partial charge in [-0.25, -0.2) is 0 Å². The Balaban J connectivity index is 0.00000226. The maximum Gasteiger partial charge on any atom is 0.137 e. The third-order valence-electron chi connectivity index (χ3n) is 12.2. The molecule has 0 radical (unpaired) electrons. The SMILES string of the molecule is CC.CN(c1ccc2c(c1)oc1ccccc12)c1ccccc1-c1ccc(-c2ccccc2-c2ccccc2N(c2ccc3c(c2)CCC=C3)c2cccc3ccccc23)cc1. The fraction of sp³-hybridized carbons (Fsp3) is 0.0847. The molecule has 0 unspecified atom stereocenters. The second-order valence-electron chi connectivity index (χ2n) is 15.7. The Morgan fingerprint density at radius 3 is 1.85 bits per heavy atom. The monoisotopic (exact) mass is 800 g/mol. The summed E-state index contributed by atoms with van der Waals surface area (Å²) in [6, 6.07) is 72.5. The molecule has 10 aromatic rings. The van der Waals surface area contributed by atoms with Crippen LogP contribution in [0.3, 0.4) is 0 Å². The van der Waals surface area contributed by atoms with Crippen LogP contribution in [0.1, 0.15) is 31.4 Å². The molecule has 0 saturated carbocycles. The second kappa shape index (κ2) is 16.8. The first-order valence-electron chi connectivity index (χ1n) is 21.8. The van der Waals surface area contributed by atoms with Crippen LogP contribution in [0.5, 0.6) is 0 Å². The van der Waals surface area contributed by atoms with E-state index >= 15 is 0 Å². The lowest BCUT2D eigenvalue weighted by atomic mass is 9.91. The average Bonchev–Trinajstić information content (AvgIpc) is 3.73. The van der Waals surface area contributed by atoms with Crippen LogP contribution in [0.15, 0.2) is 211 Å². The fourth-order valence-electron chi connectivity index (χ4n) is 9.14. The van der Waals surface area contributed by atoms with Crippen LogP contribution in [-0.2, 0) is 6.42 Å². The lowest BCUT2D eigenvalue weighted by Crippen LogP contribution is -2.12. The van der Waals surface area contributed by atoms with Crippen molar-refractivity contribution in [2.24, 2.45) is 0 Å². The van der Waals surface area contributed by atoms with Gasteiger partial charge in [0.25, 0.3) is 0 Å². The number of hydrogen-bond acceptors (Lipinski definition) is 3. The number of allylic oxidation sites excluding steroid dienone is 1. The van der Waals surface area contributed by atoms with E-state index in [0.29, 0.717) is 0 Å². The van der Waals surface area contributed by atoms with Gasteiger partial charge in [0.2, 0.25) is 0 Å². The van der Waals surface area contributed by atoms with Gasteiger partial charge in [-0.05, 0) is 100 Å². The van der Waals surface area contributed by atoms with E-state index in [4.69, 9.17) is 4.42 Å². The van der Waals surface area contributed by atoms with Gasteiger partial charge in [-0.2, -0.15) is 0 Å². The molecular formula is C59H48N2O. The molecule has 0 atom stereocenters. The van der Waals surface area contributed by atoms with Crippen molar-refractivity contribution in [3.63, 3.8) is 0 Å². The highest BCUT2D eigenvalue weighted by Gasteiger charge is 2.22. The number of para-hydroxylation sites is 3. The first-order valence-corrected chi connectivity index (χ1v) is 21.8. The Morgan fingerprint density at radius 2 is 1.03 bits per heavy atom. The van der Waals surface area contributed by atoms with Crippen molar-refractivity contribution in [2.45, 2.75) is 26.7 Å². The van der Waals surface area contributed by atoms with E-state index in [1.165, 1.54) is 49.7 Å². The molecule has 0 bridgehead atoms. The molecule has 1 heterocycles. The predicted molar refractivity (Wildman–Crippen MR) is 265 cm³/mol. The van der Waals surface area contributed by atoms with E-state index < -0.39 is 0 Å².